The molecule has 1 aromatic carbocycles. The van der Waals surface area contributed by atoms with Gasteiger partial charge in [0.15, 0.2) is 0 Å². The highest BCUT2D eigenvalue weighted by atomic mass is 32.1. The topological polar surface area (TPSA) is 54.1 Å². The highest BCUT2D eigenvalue weighted by molar-refractivity contribution is 7.08. The number of rotatable bonds is 3. The molecule has 130 valence electrons. The van der Waals surface area contributed by atoms with Crippen LogP contribution in [0.5, 0.6) is 11.5 Å². The van der Waals surface area contributed by atoms with E-state index in [1.54, 1.807) is 23.1 Å². The molecule has 0 unspecified atom stereocenters. The number of thiophene rings is 1. The van der Waals surface area contributed by atoms with Gasteiger partial charge in [0.05, 0.1) is 30.4 Å². The van der Waals surface area contributed by atoms with Crippen molar-refractivity contribution in [3.05, 3.63) is 53.0 Å². The molecule has 0 radical (unpaired) electrons. The molecule has 0 saturated heterocycles. The van der Waals surface area contributed by atoms with E-state index in [9.17, 15) is 0 Å². The van der Waals surface area contributed by atoms with Gasteiger partial charge in [-0.25, -0.2) is 4.68 Å². The van der Waals surface area contributed by atoms with Gasteiger partial charge < -0.3 is 9.47 Å². The van der Waals surface area contributed by atoms with Crippen LogP contribution in [0.25, 0.3) is 28.2 Å². The molecule has 0 saturated carbocycles. The molecule has 4 aromatic rings. The number of benzene rings is 1. The van der Waals surface area contributed by atoms with Crippen LogP contribution in [0, 0.1) is 0 Å². The Balaban J connectivity index is 1.75. The molecule has 0 bridgehead atoms. The van der Waals surface area contributed by atoms with Crippen LogP contribution < -0.4 is 9.47 Å². The molecule has 0 N–H and O–H groups in total. The van der Waals surface area contributed by atoms with Crippen molar-refractivity contribution in [3.63, 3.8) is 0 Å². The van der Waals surface area contributed by atoms with Crippen LogP contribution in [0.15, 0.2) is 47.4 Å². The van der Waals surface area contributed by atoms with Crippen molar-refractivity contribution in [2.45, 2.75) is 6.61 Å². The van der Waals surface area contributed by atoms with Gasteiger partial charge in [0.25, 0.3) is 0 Å². The number of aromatic nitrogens is 4. The number of aryl methyl sites for hydroxylation is 1. The number of hydrogen-bond acceptors (Lipinski definition) is 5. The Labute approximate surface area is 154 Å². The lowest BCUT2D eigenvalue weighted by Crippen LogP contribution is -2.08. The van der Waals surface area contributed by atoms with Gasteiger partial charge in [-0.1, -0.05) is 0 Å². The summed E-state index contributed by atoms with van der Waals surface area (Å²) in [6.45, 7) is 0.499. The number of nitrogens with zero attached hydrogens (tertiary/aromatic N) is 4. The molecule has 4 heterocycles. The molecule has 0 amide bonds. The molecule has 3 aromatic heterocycles. The van der Waals surface area contributed by atoms with Crippen LogP contribution in [-0.4, -0.2) is 26.7 Å². The molecular weight excluding hydrogens is 348 g/mol. The SMILES string of the molecule is COc1cc2c(cc1-c1ccn(C)n1)-c1c(cnn1-c1ccsc1)CO2. The Kier molecular flexibility index (Phi) is 3.36. The molecule has 6 nitrogen and oxygen atoms in total. The van der Waals surface area contributed by atoms with E-state index in [4.69, 9.17) is 9.47 Å². The number of ether oxygens (including phenoxy) is 2. The van der Waals surface area contributed by atoms with Crippen molar-refractivity contribution in [1.29, 1.82) is 0 Å². The van der Waals surface area contributed by atoms with Crippen molar-refractivity contribution in [1.82, 2.24) is 19.6 Å². The largest absolute Gasteiger partial charge is 0.496 e. The van der Waals surface area contributed by atoms with Crippen LogP contribution in [0.2, 0.25) is 0 Å². The standard InChI is InChI=1S/C19H16N4O2S/c1-22-5-3-16(21-22)14-7-15-18(8-17(14)24-2)25-10-12-9-20-23(19(12)15)13-4-6-26-11-13/h3-9,11H,10H2,1-2H3. The van der Waals surface area contributed by atoms with Crippen LogP contribution in [0.1, 0.15) is 5.56 Å². The second-order valence-corrected chi connectivity index (χ2v) is 6.90. The number of hydrogen-bond donors (Lipinski definition) is 0. The zero-order valence-corrected chi connectivity index (χ0v) is 15.2. The summed E-state index contributed by atoms with van der Waals surface area (Å²) in [6.07, 6.45) is 3.80. The molecule has 0 spiro atoms. The Morgan fingerprint density at radius 3 is 2.88 bits per heavy atom. The Morgan fingerprint density at radius 2 is 2.15 bits per heavy atom. The van der Waals surface area contributed by atoms with Crippen LogP contribution >= 0.6 is 11.3 Å². The lowest BCUT2D eigenvalue weighted by molar-refractivity contribution is 0.299. The zero-order valence-electron chi connectivity index (χ0n) is 14.3. The zero-order chi connectivity index (χ0) is 17.7. The maximum absolute atomic E-state index is 5.96. The summed E-state index contributed by atoms with van der Waals surface area (Å²) < 4.78 is 15.3. The Bertz CT molecular complexity index is 1100. The summed E-state index contributed by atoms with van der Waals surface area (Å²) in [5, 5.41) is 13.3. The van der Waals surface area contributed by atoms with Crippen molar-refractivity contribution in [3.8, 4) is 39.7 Å². The molecule has 5 rings (SSSR count). The summed E-state index contributed by atoms with van der Waals surface area (Å²) in [7, 11) is 3.57. The highest BCUT2D eigenvalue weighted by Gasteiger charge is 2.26. The third-order valence-corrected chi connectivity index (χ3v) is 5.20. The minimum absolute atomic E-state index is 0.499. The van der Waals surface area contributed by atoms with E-state index < -0.39 is 0 Å². The van der Waals surface area contributed by atoms with Crippen molar-refractivity contribution in [2.75, 3.05) is 7.11 Å². The van der Waals surface area contributed by atoms with Gasteiger partial charge in [0.2, 0.25) is 0 Å². The Morgan fingerprint density at radius 1 is 1.23 bits per heavy atom. The fourth-order valence-corrected chi connectivity index (χ4v) is 3.91. The van der Waals surface area contributed by atoms with E-state index in [-0.39, 0.29) is 0 Å². The third kappa shape index (κ3) is 2.24. The first-order chi connectivity index (χ1) is 12.7. The number of fused-ring (bicyclic) bond motifs is 3. The maximum atomic E-state index is 5.96. The third-order valence-electron chi connectivity index (χ3n) is 4.53. The van der Waals surface area contributed by atoms with Crippen molar-refractivity contribution in [2.24, 2.45) is 7.05 Å². The van der Waals surface area contributed by atoms with E-state index in [2.05, 4.69) is 33.1 Å². The molecule has 0 atom stereocenters. The first-order valence-corrected chi connectivity index (χ1v) is 9.13. The van der Waals surface area contributed by atoms with E-state index in [1.165, 1.54) is 0 Å². The lowest BCUT2D eigenvalue weighted by Gasteiger charge is -2.21. The fourth-order valence-electron chi connectivity index (χ4n) is 3.30. The van der Waals surface area contributed by atoms with Gasteiger partial charge >= 0.3 is 0 Å². The maximum Gasteiger partial charge on any atom is 0.132 e. The molecule has 26 heavy (non-hydrogen) atoms. The van der Waals surface area contributed by atoms with Gasteiger partial charge in [-0.2, -0.15) is 21.5 Å². The average Bonchev–Trinajstić information content (AvgIpc) is 3.40. The van der Waals surface area contributed by atoms with E-state index in [0.717, 1.165) is 45.3 Å². The van der Waals surface area contributed by atoms with Gasteiger partial charge in [0, 0.05) is 41.4 Å². The summed E-state index contributed by atoms with van der Waals surface area (Å²) in [5.41, 5.74) is 5.98. The summed E-state index contributed by atoms with van der Waals surface area (Å²) in [6, 6.07) is 8.06. The molecule has 0 aliphatic carbocycles. The Hall–Kier alpha value is -3.06. The summed E-state index contributed by atoms with van der Waals surface area (Å²) in [4.78, 5) is 0. The monoisotopic (exact) mass is 364 g/mol. The normalized spacial score (nSPS) is 12.4. The second-order valence-electron chi connectivity index (χ2n) is 6.12. The molecule has 1 aliphatic heterocycles. The molecule has 7 heteroatoms. The molecule has 1 aliphatic rings. The van der Waals surface area contributed by atoms with Crippen LogP contribution in [0.4, 0.5) is 0 Å². The minimum Gasteiger partial charge on any atom is -0.496 e. The van der Waals surface area contributed by atoms with Crippen molar-refractivity contribution < 1.29 is 9.47 Å². The van der Waals surface area contributed by atoms with Gasteiger partial charge in [-0.15, -0.1) is 0 Å². The quantitative estimate of drug-likeness (QED) is 0.553. The van der Waals surface area contributed by atoms with Crippen LogP contribution in [-0.2, 0) is 13.7 Å². The van der Waals surface area contributed by atoms with Gasteiger partial charge in [-0.3, -0.25) is 4.68 Å². The van der Waals surface area contributed by atoms with Crippen LogP contribution in [0.3, 0.4) is 0 Å². The summed E-state index contributed by atoms with van der Waals surface area (Å²) in [5.74, 6) is 1.54. The van der Waals surface area contributed by atoms with E-state index >= 15 is 0 Å². The lowest BCUT2D eigenvalue weighted by atomic mass is 9.99. The highest BCUT2D eigenvalue weighted by Crippen LogP contribution is 2.44. The fraction of sp³-hybridized carbons (Fsp3) is 0.158. The smallest absolute Gasteiger partial charge is 0.132 e. The second kappa shape index (κ2) is 5.74. The molecule has 0 fully saturated rings. The first kappa shape index (κ1) is 15.2. The van der Waals surface area contributed by atoms with Gasteiger partial charge in [-0.05, 0) is 23.6 Å². The molecular formula is C19H16N4O2S. The number of methoxy groups -OCH3 is 1. The first-order valence-electron chi connectivity index (χ1n) is 8.19. The summed E-state index contributed by atoms with van der Waals surface area (Å²) >= 11 is 1.65. The minimum atomic E-state index is 0.499. The van der Waals surface area contributed by atoms with Gasteiger partial charge in [0.1, 0.15) is 18.1 Å². The van der Waals surface area contributed by atoms with E-state index in [1.807, 2.05) is 36.3 Å². The van der Waals surface area contributed by atoms with Crippen molar-refractivity contribution >= 4 is 11.3 Å². The predicted octanol–water partition coefficient (Wildman–Crippen LogP) is 3.90. The average molecular weight is 364 g/mol. The predicted molar refractivity (Wildman–Crippen MR) is 100.0 cm³/mol. The van der Waals surface area contributed by atoms with E-state index in [0.29, 0.717) is 6.61 Å².